The largest absolute Gasteiger partial charge is 0.469 e. The second kappa shape index (κ2) is 5.74. The minimum atomic E-state index is -0.585. The van der Waals surface area contributed by atoms with Crippen molar-refractivity contribution in [1.29, 1.82) is 0 Å². The van der Waals surface area contributed by atoms with Gasteiger partial charge in [0.2, 0.25) is 0 Å². The lowest BCUT2D eigenvalue weighted by atomic mass is 9.90. The molecule has 2 saturated carbocycles. The van der Waals surface area contributed by atoms with Crippen LogP contribution in [0, 0.1) is 23.2 Å². The molecule has 6 nitrogen and oxygen atoms in total. The molecule has 1 aliphatic heterocycles. The minimum Gasteiger partial charge on any atom is -0.469 e. The summed E-state index contributed by atoms with van der Waals surface area (Å²) < 4.78 is 22.5. The quantitative estimate of drug-likeness (QED) is 0.722. The fraction of sp³-hybridized carbons (Fsp3) is 0.882. The van der Waals surface area contributed by atoms with Crippen LogP contribution in [-0.4, -0.2) is 44.2 Å². The van der Waals surface area contributed by atoms with E-state index in [1.54, 1.807) is 0 Å². The van der Waals surface area contributed by atoms with Crippen LogP contribution in [0.4, 0.5) is 0 Å². The summed E-state index contributed by atoms with van der Waals surface area (Å²) in [6.07, 6.45) is 1.68. The molecule has 23 heavy (non-hydrogen) atoms. The highest BCUT2D eigenvalue weighted by Crippen LogP contribution is 2.55. The van der Waals surface area contributed by atoms with Crippen LogP contribution in [0.15, 0.2) is 0 Å². The predicted molar refractivity (Wildman–Crippen MR) is 80.3 cm³/mol. The van der Waals surface area contributed by atoms with E-state index in [4.69, 9.17) is 18.9 Å². The average molecular weight is 326 g/mol. The molecule has 1 spiro atoms. The molecule has 0 aromatic rings. The summed E-state index contributed by atoms with van der Waals surface area (Å²) in [6.45, 7) is 6.91. The van der Waals surface area contributed by atoms with E-state index in [0.717, 1.165) is 6.42 Å². The van der Waals surface area contributed by atoms with Crippen LogP contribution >= 0.6 is 0 Å². The zero-order valence-corrected chi connectivity index (χ0v) is 14.3. The van der Waals surface area contributed by atoms with Crippen molar-refractivity contribution in [3.63, 3.8) is 0 Å². The highest BCUT2D eigenvalue weighted by molar-refractivity contribution is 5.75. The van der Waals surface area contributed by atoms with E-state index in [9.17, 15) is 9.59 Å². The molecule has 4 atom stereocenters. The van der Waals surface area contributed by atoms with Gasteiger partial charge in [0.1, 0.15) is 6.10 Å². The molecule has 0 radical (unpaired) electrons. The zero-order chi connectivity index (χ0) is 16.8. The Balaban J connectivity index is 1.74. The fourth-order valence-electron chi connectivity index (χ4n) is 4.33. The van der Waals surface area contributed by atoms with Crippen molar-refractivity contribution in [2.45, 2.75) is 51.9 Å². The highest BCUT2D eigenvalue weighted by Gasteiger charge is 2.60. The van der Waals surface area contributed by atoms with Crippen LogP contribution in [0.1, 0.15) is 40.0 Å². The van der Waals surface area contributed by atoms with Gasteiger partial charge in [0.25, 0.3) is 0 Å². The maximum Gasteiger partial charge on any atom is 0.312 e. The Kier molecular flexibility index (Phi) is 4.17. The molecule has 6 heteroatoms. The highest BCUT2D eigenvalue weighted by atomic mass is 16.7. The van der Waals surface area contributed by atoms with E-state index in [1.165, 1.54) is 14.0 Å². The van der Waals surface area contributed by atoms with Gasteiger partial charge in [-0.3, -0.25) is 9.59 Å². The summed E-state index contributed by atoms with van der Waals surface area (Å²) in [5.74, 6) is -1.34. The molecule has 0 N–H and O–H groups in total. The van der Waals surface area contributed by atoms with E-state index >= 15 is 0 Å². The number of esters is 2. The predicted octanol–water partition coefficient (Wildman–Crippen LogP) is 1.91. The summed E-state index contributed by atoms with van der Waals surface area (Å²) in [4.78, 5) is 23.5. The van der Waals surface area contributed by atoms with E-state index < -0.39 is 17.8 Å². The first-order valence-corrected chi connectivity index (χ1v) is 8.28. The van der Waals surface area contributed by atoms with Gasteiger partial charge in [-0.25, -0.2) is 0 Å². The number of rotatable bonds is 2. The lowest BCUT2D eigenvalue weighted by molar-refractivity contribution is -0.298. The van der Waals surface area contributed by atoms with Crippen molar-refractivity contribution >= 4 is 11.9 Å². The van der Waals surface area contributed by atoms with Gasteiger partial charge in [0.15, 0.2) is 5.79 Å². The van der Waals surface area contributed by atoms with Crippen molar-refractivity contribution in [3.8, 4) is 0 Å². The van der Waals surface area contributed by atoms with Crippen LogP contribution in [0.2, 0.25) is 0 Å². The molecule has 1 saturated heterocycles. The summed E-state index contributed by atoms with van der Waals surface area (Å²) >= 11 is 0. The Morgan fingerprint density at radius 3 is 2.35 bits per heavy atom. The van der Waals surface area contributed by atoms with Gasteiger partial charge in [-0.1, -0.05) is 13.8 Å². The number of hydrogen-bond donors (Lipinski definition) is 0. The molecule has 0 aromatic carbocycles. The van der Waals surface area contributed by atoms with Crippen LogP contribution in [-0.2, 0) is 28.5 Å². The molecule has 1 heterocycles. The first-order chi connectivity index (χ1) is 10.8. The molecular formula is C17H26O6. The van der Waals surface area contributed by atoms with Gasteiger partial charge in [-0.05, 0) is 18.3 Å². The van der Waals surface area contributed by atoms with Gasteiger partial charge in [0.05, 0.1) is 26.2 Å². The normalized spacial score (nSPS) is 37.4. The van der Waals surface area contributed by atoms with Crippen molar-refractivity contribution < 1.29 is 28.5 Å². The lowest BCUT2D eigenvalue weighted by Crippen LogP contribution is -2.47. The lowest BCUT2D eigenvalue weighted by Gasteiger charge is -2.42. The molecular weight excluding hydrogens is 300 g/mol. The van der Waals surface area contributed by atoms with Gasteiger partial charge in [0, 0.05) is 25.2 Å². The molecule has 0 amide bonds. The van der Waals surface area contributed by atoms with E-state index in [2.05, 4.69) is 13.8 Å². The molecule has 130 valence electrons. The SMILES string of the molecule is COC(=O)[C@@H]1[C@@H]2CC3(C[C@@H]2C[C@H]1OC(C)=O)OCC(C)(C)CO3. The van der Waals surface area contributed by atoms with E-state index in [-0.39, 0.29) is 29.2 Å². The first kappa shape index (κ1) is 16.7. The van der Waals surface area contributed by atoms with Gasteiger partial charge in [-0.2, -0.15) is 0 Å². The number of carbonyl (C=O) groups is 2. The minimum absolute atomic E-state index is 0.0188. The van der Waals surface area contributed by atoms with Crippen LogP contribution < -0.4 is 0 Å². The molecule has 3 fully saturated rings. The Hall–Kier alpha value is -1.14. The molecule has 0 bridgehead atoms. The monoisotopic (exact) mass is 326 g/mol. The smallest absolute Gasteiger partial charge is 0.312 e. The standard InChI is InChI=1S/C17H26O6/c1-10(18)23-13-5-11-6-17(21-8-16(2,3)9-22-17)7-12(11)14(13)15(19)20-4/h11-14H,5-9H2,1-4H3/t11-,12+,13+,14+/m0/s1. The number of carbonyl (C=O) groups excluding carboxylic acids is 2. The second-order valence-corrected chi connectivity index (χ2v) is 7.92. The molecule has 3 rings (SSSR count). The van der Waals surface area contributed by atoms with Gasteiger partial charge in [-0.15, -0.1) is 0 Å². The van der Waals surface area contributed by atoms with E-state index in [1.807, 2.05) is 0 Å². The number of fused-ring (bicyclic) bond motifs is 1. The zero-order valence-electron chi connectivity index (χ0n) is 14.3. The number of ether oxygens (including phenoxy) is 4. The van der Waals surface area contributed by atoms with Crippen LogP contribution in [0.25, 0.3) is 0 Å². The Labute approximate surface area is 136 Å². The Bertz CT molecular complexity index is 489. The molecule has 2 aliphatic carbocycles. The topological polar surface area (TPSA) is 71.1 Å². The number of hydrogen-bond acceptors (Lipinski definition) is 6. The third kappa shape index (κ3) is 3.11. The van der Waals surface area contributed by atoms with Crippen LogP contribution in [0.5, 0.6) is 0 Å². The Morgan fingerprint density at radius 2 is 1.78 bits per heavy atom. The van der Waals surface area contributed by atoms with Gasteiger partial charge < -0.3 is 18.9 Å². The van der Waals surface area contributed by atoms with E-state index in [0.29, 0.717) is 26.1 Å². The third-order valence-electron chi connectivity index (χ3n) is 5.36. The second-order valence-electron chi connectivity index (χ2n) is 7.92. The summed E-state index contributed by atoms with van der Waals surface area (Å²) in [5.41, 5.74) is 0.0188. The maximum absolute atomic E-state index is 12.2. The fourth-order valence-corrected chi connectivity index (χ4v) is 4.33. The molecule has 0 unspecified atom stereocenters. The Morgan fingerprint density at radius 1 is 1.13 bits per heavy atom. The molecule has 0 aromatic heterocycles. The average Bonchev–Trinajstić information content (AvgIpc) is 2.95. The van der Waals surface area contributed by atoms with Crippen LogP contribution in [0.3, 0.4) is 0 Å². The van der Waals surface area contributed by atoms with Crippen molar-refractivity contribution in [2.75, 3.05) is 20.3 Å². The first-order valence-electron chi connectivity index (χ1n) is 8.28. The van der Waals surface area contributed by atoms with Crippen molar-refractivity contribution in [1.82, 2.24) is 0 Å². The summed E-state index contributed by atoms with van der Waals surface area (Å²) in [7, 11) is 1.38. The number of methoxy groups -OCH3 is 1. The third-order valence-corrected chi connectivity index (χ3v) is 5.36. The maximum atomic E-state index is 12.2. The summed E-state index contributed by atoms with van der Waals surface area (Å²) in [6, 6.07) is 0. The van der Waals surface area contributed by atoms with Gasteiger partial charge >= 0.3 is 11.9 Å². The van der Waals surface area contributed by atoms with Crippen molar-refractivity contribution in [2.24, 2.45) is 23.2 Å². The van der Waals surface area contributed by atoms with Crippen molar-refractivity contribution in [3.05, 3.63) is 0 Å². The summed E-state index contributed by atoms with van der Waals surface area (Å²) in [5, 5.41) is 0. The molecule has 3 aliphatic rings.